The zero-order valence-electron chi connectivity index (χ0n) is 12.0. The topological polar surface area (TPSA) is 35.1 Å². The normalized spacial score (nSPS) is 19.3. The second-order valence-corrected chi connectivity index (χ2v) is 8.27. The fourth-order valence-corrected chi connectivity index (χ4v) is 2.77. The highest BCUT2D eigenvalue weighted by Crippen LogP contribution is 2.41. The molecule has 4 heteroatoms. The van der Waals surface area contributed by atoms with Crippen LogP contribution in [-0.2, 0) is 11.4 Å². The highest BCUT2D eigenvalue weighted by Gasteiger charge is 2.30. The summed E-state index contributed by atoms with van der Waals surface area (Å²) >= 11 is -1.19. The first-order chi connectivity index (χ1) is 8.79. The van der Waals surface area contributed by atoms with Gasteiger partial charge in [0.2, 0.25) is 0 Å². The monoisotopic (exact) mass is 283 g/mol. The van der Waals surface area contributed by atoms with Crippen molar-refractivity contribution < 1.29 is 8.94 Å². The molecule has 2 atom stereocenters. The Kier molecular flexibility index (Phi) is 4.23. The van der Waals surface area contributed by atoms with E-state index in [-0.39, 0.29) is 16.6 Å². The second kappa shape index (κ2) is 5.43. The van der Waals surface area contributed by atoms with E-state index in [9.17, 15) is 8.94 Å². The Balaban J connectivity index is 2.13. The maximum atomic E-state index is 13.9. The van der Waals surface area contributed by atoms with E-state index in [1.807, 2.05) is 39.8 Å². The summed E-state index contributed by atoms with van der Waals surface area (Å²) in [5, 5.41) is 0. The van der Waals surface area contributed by atoms with E-state index in [4.69, 9.17) is 0 Å². The predicted octanol–water partition coefficient (Wildman–Crippen LogP) is 3.82. The van der Waals surface area contributed by atoms with Gasteiger partial charge in [-0.1, -0.05) is 12.1 Å². The number of benzene rings is 1. The third-order valence-electron chi connectivity index (χ3n) is 3.38. The maximum Gasteiger partial charge on any atom is 0.136 e. The molecule has 0 aromatic heterocycles. The fraction of sp³-hybridized carbons (Fsp3) is 0.600. The number of halogens is 1. The lowest BCUT2D eigenvalue weighted by Crippen LogP contribution is -2.40. The van der Waals surface area contributed by atoms with Gasteiger partial charge in [0.1, 0.15) is 10.6 Å². The maximum absolute atomic E-state index is 13.9. The molecule has 1 N–H and O–H groups in total. The van der Waals surface area contributed by atoms with Crippen molar-refractivity contribution in [3.05, 3.63) is 35.1 Å². The van der Waals surface area contributed by atoms with Crippen LogP contribution in [0.1, 0.15) is 63.6 Å². The summed E-state index contributed by atoms with van der Waals surface area (Å²) in [6.45, 7) is 7.57. The van der Waals surface area contributed by atoms with Crippen molar-refractivity contribution >= 4 is 11.4 Å². The molecule has 106 valence electrons. The number of rotatable bonds is 4. The summed E-state index contributed by atoms with van der Waals surface area (Å²) < 4.78 is 28.6. The summed E-state index contributed by atoms with van der Waals surface area (Å²) in [6, 6.07) is 5.06. The summed E-state index contributed by atoms with van der Waals surface area (Å²) in [7, 11) is 0. The van der Waals surface area contributed by atoms with Crippen LogP contribution in [0.4, 0.5) is 4.39 Å². The molecule has 0 heterocycles. The van der Waals surface area contributed by atoms with E-state index in [1.165, 1.54) is 24.5 Å². The van der Waals surface area contributed by atoms with E-state index in [0.29, 0.717) is 11.5 Å². The molecule has 1 saturated carbocycles. The highest BCUT2D eigenvalue weighted by molar-refractivity contribution is 7.90. The van der Waals surface area contributed by atoms with Gasteiger partial charge < -0.3 is 4.55 Å². The molecule has 0 spiro atoms. The van der Waals surface area contributed by atoms with Crippen LogP contribution in [0.25, 0.3) is 0 Å². The lowest BCUT2D eigenvalue weighted by Gasteiger charge is -2.26. The molecule has 2 nitrogen and oxygen atoms in total. The van der Waals surface area contributed by atoms with E-state index in [1.54, 1.807) is 0 Å². The first-order valence-electron chi connectivity index (χ1n) is 6.76. The number of hydrogen-bond donors (Lipinski definition) is 1. The Morgan fingerprint density at radius 2 is 2.00 bits per heavy atom. The molecule has 1 aromatic rings. The van der Waals surface area contributed by atoms with Gasteiger partial charge in [0, 0.05) is 16.9 Å². The SMILES string of the molecule is CC(N[S+]([O-])C(C)(C)C)c1cc(C2CC2)ccc1F. The molecule has 2 unspecified atom stereocenters. The molecule has 0 aliphatic heterocycles. The average Bonchev–Trinajstić information content (AvgIpc) is 3.12. The van der Waals surface area contributed by atoms with Gasteiger partial charge >= 0.3 is 0 Å². The van der Waals surface area contributed by atoms with E-state index >= 15 is 0 Å². The van der Waals surface area contributed by atoms with Gasteiger partial charge in [-0.15, -0.1) is 4.72 Å². The number of hydrogen-bond acceptors (Lipinski definition) is 2. The van der Waals surface area contributed by atoms with Crippen LogP contribution in [0.15, 0.2) is 18.2 Å². The molecule has 0 amide bonds. The average molecular weight is 283 g/mol. The summed E-state index contributed by atoms with van der Waals surface area (Å²) in [4.78, 5) is 0. The molecule has 1 aliphatic rings. The van der Waals surface area contributed by atoms with Gasteiger partial charge in [-0.3, -0.25) is 0 Å². The molecule has 1 aromatic carbocycles. The van der Waals surface area contributed by atoms with Gasteiger partial charge in [0.05, 0.1) is 6.04 Å². The Labute approximate surface area is 118 Å². The van der Waals surface area contributed by atoms with Gasteiger partial charge in [-0.25, -0.2) is 4.39 Å². The van der Waals surface area contributed by atoms with Crippen molar-refractivity contribution in [3.8, 4) is 0 Å². The van der Waals surface area contributed by atoms with Crippen LogP contribution in [0, 0.1) is 5.82 Å². The van der Waals surface area contributed by atoms with Crippen LogP contribution >= 0.6 is 0 Å². The van der Waals surface area contributed by atoms with Crippen LogP contribution < -0.4 is 4.72 Å². The Hall–Kier alpha value is -0.580. The summed E-state index contributed by atoms with van der Waals surface area (Å²) in [5.74, 6) is 0.370. The minimum Gasteiger partial charge on any atom is -0.598 e. The largest absolute Gasteiger partial charge is 0.598 e. The van der Waals surface area contributed by atoms with Gasteiger partial charge in [0.15, 0.2) is 0 Å². The van der Waals surface area contributed by atoms with Gasteiger partial charge in [-0.05, 0) is 58.1 Å². The molecule has 19 heavy (non-hydrogen) atoms. The first kappa shape index (κ1) is 14.8. The predicted molar refractivity (Wildman–Crippen MR) is 77.8 cm³/mol. The highest BCUT2D eigenvalue weighted by atomic mass is 32.2. The molecular weight excluding hydrogens is 261 g/mol. The Morgan fingerprint density at radius 3 is 2.53 bits per heavy atom. The third-order valence-corrected chi connectivity index (χ3v) is 5.06. The lowest BCUT2D eigenvalue weighted by atomic mass is 10.0. The van der Waals surface area contributed by atoms with E-state index in [0.717, 1.165) is 0 Å². The minimum atomic E-state index is -1.19. The van der Waals surface area contributed by atoms with Crippen molar-refractivity contribution in [2.45, 2.75) is 57.2 Å². The number of nitrogens with one attached hydrogen (secondary N) is 1. The van der Waals surface area contributed by atoms with E-state index in [2.05, 4.69) is 4.72 Å². The molecule has 1 fully saturated rings. The summed E-state index contributed by atoms with van der Waals surface area (Å²) in [6.07, 6.45) is 2.39. The Bertz CT molecular complexity index is 454. The van der Waals surface area contributed by atoms with Crippen molar-refractivity contribution in [1.29, 1.82) is 0 Å². The van der Waals surface area contributed by atoms with Gasteiger partial charge in [0.25, 0.3) is 0 Å². The van der Waals surface area contributed by atoms with Crippen LogP contribution in [0.2, 0.25) is 0 Å². The van der Waals surface area contributed by atoms with Crippen molar-refractivity contribution in [3.63, 3.8) is 0 Å². The van der Waals surface area contributed by atoms with Gasteiger partial charge in [-0.2, -0.15) is 0 Å². The molecule has 0 saturated heterocycles. The van der Waals surface area contributed by atoms with Crippen LogP contribution in [-0.4, -0.2) is 9.30 Å². The molecule has 1 aliphatic carbocycles. The van der Waals surface area contributed by atoms with Crippen LogP contribution in [0.3, 0.4) is 0 Å². The quantitative estimate of drug-likeness (QED) is 0.853. The van der Waals surface area contributed by atoms with Crippen molar-refractivity contribution in [1.82, 2.24) is 4.72 Å². The van der Waals surface area contributed by atoms with Crippen LogP contribution in [0.5, 0.6) is 0 Å². The second-order valence-electron chi connectivity index (χ2n) is 6.28. The fourth-order valence-electron chi connectivity index (χ4n) is 1.97. The third kappa shape index (κ3) is 3.71. The standard InChI is InChI=1S/C15H22FNOS/c1-10(17-19(18)15(2,3)4)13-9-12(11-5-6-11)7-8-14(13)16/h7-11,17H,5-6H2,1-4H3. The molecule has 0 radical (unpaired) electrons. The summed E-state index contributed by atoms with van der Waals surface area (Å²) in [5.41, 5.74) is 1.81. The molecule has 0 bridgehead atoms. The van der Waals surface area contributed by atoms with Crippen molar-refractivity contribution in [2.75, 3.05) is 0 Å². The first-order valence-corrected chi connectivity index (χ1v) is 7.91. The van der Waals surface area contributed by atoms with E-state index < -0.39 is 11.4 Å². The smallest absolute Gasteiger partial charge is 0.136 e. The molecule has 2 rings (SSSR count). The molecular formula is C15H22FNOS. The zero-order chi connectivity index (χ0) is 14.2. The Morgan fingerprint density at radius 1 is 1.37 bits per heavy atom. The van der Waals surface area contributed by atoms with Crippen molar-refractivity contribution in [2.24, 2.45) is 0 Å². The zero-order valence-corrected chi connectivity index (χ0v) is 12.8. The lowest BCUT2D eigenvalue weighted by molar-refractivity contribution is 0.522. The minimum absolute atomic E-state index is 0.227.